The quantitative estimate of drug-likeness (QED) is 0.762. The van der Waals surface area contributed by atoms with Crippen molar-refractivity contribution >= 4 is 23.5 Å². The molecule has 0 saturated heterocycles. The van der Waals surface area contributed by atoms with Gasteiger partial charge in [-0.1, -0.05) is 41.4 Å². The number of hydrogen-bond donors (Lipinski definition) is 3. The Kier molecular flexibility index (Phi) is 5.38. The highest BCUT2D eigenvalue weighted by molar-refractivity contribution is 6.30. The molecular formula is C16H16ClN3O2. The smallest absolute Gasteiger partial charge is 0.333 e. The average molecular weight is 318 g/mol. The normalized spacial score (nSPS) is 9.91. The molecule has 3 N–H and O–H groups in total. The maximum absolute atomic E-state index is 11.8. The number of rotatable bonds is 3. The van der Waals surface area contributed by atoms with Crippen LogP contribution in [0.5, 0.6) is 0 Å². The van der Waals surface area contributed by atoms with Gasteiger partial charge in [0.25, 0.3) is 5.91 Å². The van der Waals surface area contributed by atoms with Gasteiger partial charge in [0.15, 0.2) is 0 Å². The lowest BCUT2D eigenvalue weighted by Crippen LogP contribution is -2.46. The zero-order valence-corrected chi connectivity index (χ0v) is 12.8. The summed E-state index contributed by atoms with van der Waals surface area (Å²) in [6.45, 7) is 2.27. The van der Waals surface area contributed by atoms with Crippen LogP contribution in [0.3, 0.4) is 0 Å². The highest BCUT2D eigenvalue weighted by Crippen LogP contribution is 2.09. The molecule has 0 aliphatic rings. The lowest BCUT2D eigenvalue weighted by molar-refractivity contribution is 0.0936. The van der Waals surface area contributed by atoms with E-state index in [0.717, 1.165) is 11.1 Å². The summed E-state index contributed by atoms with van der Waals surface area (Å²) in [5.74, 6) is -0.373. The van der Waals surface area contributed by atoms with Crippen molar-refractivity contribution in [3.8, 4) is 0 Å². The molecule has 2 rings (SSSR count). The first-order valence-corrected chi connectivity index (χ1v) is 7.08. The summed E-state index contributed by atoms with van der Waals surface area (Å²) in [7, 11) is 0. The van der Waals surface area contributed by atoms with E-state index in [1.807, 2.05) is 31.2 Å². The molecule has 2 aromatic carbocycles. The fraction of sp³-hybridized carbons (Fsp3) is 0.125. The van der Waals surface area contributed by atoms with E-state index in [9.17, 15) is 9.59 Å². The SMILES string of the molecule is Cc1ccc(C(=O)NNC(=O)NCc2ccc(Cl)cc2)cc1. The van der Waals surface area contributed by atoms with Gasteiger partial charge < -0.3 is 5.32 Å². The molecule has 2 aromatic rings. The van der Waals surface area contributed by atoms with E-state index < -0.39 is 6.03 Å². The number of nitrogens with one attached hydrogen (secondary N) is 3. The second-order valence-corrected chi connectivity index (χ2v) is 5.19. The van der Waals surface area contributed by atoms with Gasteiger partial charge >= 0.3 is 6.03 Å². The fourth-order valence-electron chi connectivity index (χ4n) is 1.72. The van der Waals surface area contributed by atoms with E-state index in [2.05, 4.69) is 16.2 Å². The van der Waals surface area contributed by atoms with Crippen LogP contribution in [0.25, 0.3) is 0 Å². The molecule has 0 atom stereocenters. The van der Waals surface area contributed by atoms with Crippen LogP contribution in [0, 0.1) is 6.92 Å². The highest BCUT2D eigenvalue weighted by Gasteiger charge is 2.06. The van der Waals surface area contributed by atoms with Gasteiger partial charge in [0.05, 0.1) is 0 Å². The molecule has 5 nitrogen and oxygen atoms in total. The van der Waals surface area contributed by atoms with Crippen molar-refractivity contribution in [2.75, 3.05) is 0 Å². The van der Waals surface area contributed by atoms with E-state index in [1.165, 1.54) is 0 Å². The monoisotopic (exact) mass is 317 g/mol. The van der Waals surface area contributed by atoms with Crippen molar-refractivity contribution in [2.45, 2.75) is 13.5 Å². The van der Waals surface area contributed by atoms with Gasteiger partial charge in [-0.2, -0.15) is 0 Å². The van der Waals surface area contributed by atoms with Gasteiger partial charge in [0.2, 0.25) is 0 Å². The summed E-state index contributed by atoms with van der Waals surface area (Å²) in [6, 6.07) is 13.7. The minimum absolute atomic E-state index is 0.337. The van der Waals surface area contributed by atoms with Gasteiger partial charge in [-0.15, -0.1) is 0 Å². The number of hydrogen-bond acceptors (Lipinski definition) is 2. The fourth-order valence-corrected chi connectivity index (χ4v) is 1.85. The van der Waals surface area contributed by atoms with Crippen molar-refractivity contribution < 1.29 is 9.59 Å². The molecule has 0 radical (unpaired) electrons. The van der Waals surface area contributed by atoms with Gasteiger partial charge in [-0.3, -0.25) is 10.2 Å². The molecule has 0 spiro atoms. The molecule has 114 valence electrons. The van der Waals surface area contributed by atoms with Crippen LogP contribution in [0.15, 0.2) is 48.5 Å². The number of aryl methyl sites for hydroxylation is 1. The summed E-state index contributed by atoms with van der Waals surface area (Å²) < 4.78 is 0. The van der Waals surface area contributed by atoms with Crippen molar-refractivity contribution in [3.05, 3.63) is 70.2 Å². The average Bonchev–Trinajstić information content (AvgIpc) is 2.52. The Bertz CT molecular complexity index is 654. The zero-order valence-electron chi connectivity index (χ0n) is 12.0. The number of hydrazine groups is 1. The molecular weight excluding hydrogens is 302 g/mol. The van der Waals surface area contributed by atoms with Crippen LogP contribution in [0.2, 0.25) is 5.02 Å². The summed E-state index contributed by atoms with van der Waals surface area (Å²) in [5.41, 5.74) is 7.09. The third-order valence-electron chi connectivity index (χ3n) is 2.97. The van der Waals surface area contributed by atoms with Gasteiger partial charge in [0.1, 0.15) is 0 Å². The van der Waals surface area contributed by atoms with Gasteiger partial charge in [-0.25, -0.2) is 10.2 Å². The maximum atomic E-state index is 11.8. The summed E-state index contributed by atoms with van der Waals surface area (Å²) >= 11 is 5.78. The Morgan fingerprint density at radius 1 is 0.955 bits per heavy atom. The molecule has 0 heterocycles. The minimum Gasteiger partial charge on any atom is -0.333 e. The van der Waals surface area contributed by atoms with Crippen molar-refractivity contribution in [3.63, 3.8) is 0 Å². The summed E-state index contributed by atoms with van der Waals surface area (Å²) in [5, 5.41) is 3.26. The van der Waals surface area contributed by atoms with E-state index in [4.69, 9.17) is 11.6 Å². The molecule has 0 bridgehead atoms. The van der Waals surface area contributed by atoms with Gasteiger partial charge in [-0.05, 0) is 36.8 Å². The minimum atomic E-state index is -0.490. The lowest BCUT2D eigenvalue weighted by Gasteiger charge is -2.09. The number of amides is 3. The molecule has 3 amide bonds. The van der Waals surface area contributed by atoms with E-state index in [1.54, 1.807) is 24.3 Å². The standard InChI is InChI=1S/C16H16ClN3O2/c1-11-2-6-13(7-3-11)15(21)19-20-16(22)18-10-12-4-8-14(17)9-5-12/h2-9H,10H2,1H3,(H,19,21)(H2,18,20,22). The van der Waals surface area contributed by atoms with Crippen LogP contribution < -0.4 is 16.2 Å². The molecule has 0 aromatic heterocycles. The highest BCUT2D eigenvalue weighted by atomic mass is 35.5. The van der Waals surface area contributed by atoms with E-state index in [-0.39, 0.29) is 5.91 Å². The molecule has 0 unspecified atom stereocenters. The topological polar surface area (TPSA) is 70.2 Å². The first kappa shape index (κ1) is 15.9. The Hall–Kier alpha value is -2.53. The molecule has 0 aliphatic carbocycles. The number of halogens is 1. The number of carbonyl (C=O) groups is 2. The number of urea groups is 1. The van der Waals surface area contributed by atoms with Crippen LogP contribution in [0.1, 0.15) is 21.5 Å². The molecule has 6 heteroatoms. The Morgan fingerprint density at radius 2 is 1.59 bits per heavy atom. The third-order valence-corrected chi connectivity index (χ3v) is 3.22. The summed E-state index contributed by atoms with van der Waals surface area (Å²) in [6.07, 6.45) is 0. The van der Waals surface area contributed by atoms with Gasteiger partial charge in [0, 0.05) is 17.1 Å². The molecule has 22 heavy (non-hydrogen) atoms. The maximum Gasteiger partial charge on any atom is 0.333 e. The van der Waals surface area contributed by atoms with Crippen molar-refractivity contribution in [1.29, 1.82) is 0 Å². The van der Waals surface area contributed by atoms with Crippen molar-refractivity contribution in [1.82, 2.24) is 16.2 Å². The number of benzene rings is 2. The lowest BCUT2D eigenvalue weighted by atomic mass is 10.1. The Morgan fingerprint density at radius 3 is 2.23 bits per heavy atom. The summed E-state index contributed by atoms with van der Waals surface area (Å²) in [4.78, 5) is 23.4. The van der Waals surface area contributed by atoms with Crippen LogP contribution >= 0.6 is 11.6 Å². The Balaban J connectivity index is 1.76. The second kappa shape index (κ2) is 7.47. The first-order chi connectivity index (χ1) is 10.5. The van der Waals surface area contributed by atoms with E-state index in [0.29, 0.717) is 17.1 Å². The third kappa shape index (κ3) is 4.79. The van der Waals surface area contributed by atoms with E-state index >= 15 is 0 Å². The molecule has 0 saturated carbocycles. The van der Waals surface area contributed by atoms with Crippen LogP contribution in [-0.2, 0) is 6.54 Å². The predicted molar refractivity (Wildman–Crippen MR) is 85.5 cm³/mol. The zero-order chi connectivity index (χ0) is 15.9. The van der Waals surface area contributed by atoms with Crippen LogP contribution in [-0.4, -0.2) is 11.9 Å². The van der Waals surface area contributed by atoms with Crippen molar-refractivity contribution in [2.24, 2.45) is 0 Å². The second-order valence-electron chi connectivity index (χ2n) is 4.75. The first-order valence-electron chi connectivity index (χ1n) is 6.70. The largest absolute Gasteiger partial charge is 0.333 e. The predicted octanol–water partition coefficient (Wildman–Crippen LogP) is 2.79. The molecule has 0 aliphatic heterocycles. The van der Waals surface area contributed by atoms with Crippen LogP contribution in [0.4, 0.5) is 4.79 Å². The molecule has 0 fully saturated rings. The Labute approximate surface area is 133 Å². The number of carbonyl (C=O) groups excluding carboxylic acids is 2.